The highest BCUT2D eigenvalue weighted by Crippen LogP contribution is 2.30. The zero-order valence-corrected chi connectivity index (χ0v) is 13.2. The van der Waals surface area contributed by atoms with Crippen LogP contribution in [0.1, 0.15) is 5.56 Å². The zero-order chi connectivity index (χ0) is 18.7. The van der Waals surface area contributed by atoms with Gasteiger partial charge in [-0.15, -0.1) is 4.09 Å². The minimum absolute atomic E-state index is 0.0360. The minimum atomic E-state index is -5.82. The van der Waals surface area contributed by atoms with Gasteiger partial charge < -0.3 is 10.0 Å². The molecule has 0 aliphatic carbocycles. The van der Waals surface area contributed by atoms with Gasteiger partial charge in [-0.05, 0) is 35.4 Å². The predicted molar refractivity (Wildman–Crippen MR) is 82.1 cm³/mol. The van der Waals surface area contributed by atoms with Crippen LogP contribution < -0.4 is 5.46 Å². The maximum absolute atomic E-state index is 13.8. The standard InChI is InChI=1S/C13H9BF4N2O4S/c1-6-9(15)3-2-7-4-10-8(12(11(6)7)14(21)22)5-19-20(10)25(23,24)13(16,17)18/h2-5,21-22H,1H3. The van der Waals surface area contributed by atoms with Crippen molar-refractivity contribution in [3.05, 3.63) is 35.8 Å². The first kappa shape index (κ1) is 17.6. The van der Waals surface area contributed by atoms with E-state index in [0.29, 0.717) is 0 Å². The number of rotatable bonds is 2. The van der Waals surface area contributed by atoms with E-state index in [1.807, 2.05) is 0 Å². The van der Waals surface area contributed by atoms with Gasteiger partial charge in [-0.25, -0.2) is 4.39 Å². The topological polar surface area (TPSA) is 92.4 Å². The molecule has 0 atom stereocenters. The number of hydrogen-bond acceptors (Lipinski definition) is 5. The lowest BCUT2D eigenvalue weighted by molar-refractivity contribution is -0.0448. The minimum Gasteiger partial charge on any atom is -0.423 e. The smallest absolute Gasteiger partial charge is 0.423 e. The SMILES string of the molecule is Cc1c(F)ccc2cc3c(cnn3S(=O)(=O)C(F)(F)F)c(B(O)O)c12. The van der Waals surface area contributed by atoms with Crippen LogP contribution in [0.15, 0.2) is 24.4 Å². The summed E-state index contributed by atoms with van der Waals surface area (Å²) in [6.45, 7) is 1.35. The van der Waals surface area contributed by atoms with E-state index in [1.165, 1.54) is 13.0 Å². The largest absolute Gasteiger partial charge is 0.518 e. The number of halogens is 4. The highest BCUT2D eigenvalue weighted by molar-refractivity contribution is 7.90. The van der Waals surface area contributed by atoms with Gasteiger partial charge in [0.05, 0.1) is 11.7 Å². The molecule has 6 nitrogen and oxygen atoms in total. The van der Waals surface area contributed by atoms with Crippen molar-refractivity contribution in [1.82, 2.24) is 9.19 Å². The summed E-state index contributed by atoms with van der Waals surface area (Å²) in [5, 5.41) is 22.5. The summed E-state index contributed by atoms with van der Waals surface area (Å²) in [7, 11) is -8.00. The number of aryl methyl sites for hydroxylation is 1. The average Bonchev–Trinajstić information content (AvgIpc) is 2.91. The molecule has 0 unspecified atom stereocenters. The maximum atomic E-state index is 13.8. The fourth-order valence-electron chi connectivity index (χ4n) is 2.71. The molecule has 0 bridgehead atoms. The molecule has 1 aromatic heterocycles. The highest BCUT2D eigenvalue weighted by atomic mass is 32.2. The first-order valence-corrected chi connectivity index (χ1v) is 8.18. The Morgan fingerprint density at radius 3 is 2.44 bits per heavy atom. The van der Waals surface area contributed by atoms with Crippen LogP contribution in [0.2, 0.25) is 0 Å². The summed E-state index contributed by atoms with van der Waals surface area (Å²) in [6, 6.07) is 3.30. The molecule has 3 rings (SSSR count). The number of fused-ring (bicyclic) bond motifs is 2. The molecule has 0 radical (unpaired) electrons. The van der Waals surface area contributed by atoms with Crippen molar-refractivity contribution in [3.8, 4) is 0 Å². The summed E-state index contributed by atoms with van der Waals surface area (Å²) in [4.78, 5) is 0. The van der Waals surface area contributed by atoms with Crippen LogP contribution in [0.4, 0.5) is 17.6 Å². The van der Waals surface area contributed by atoms with Crippen LogP contribution in [0, 0.1) is 12.7 Å². The zero-order valence-electron chi connectivity index (χ0n) is 12.4. The molecule has 0 amide bonds. The van der Waals surface area contributed by atoms with E-state index >= 15 is 0 Å². The van der Waals surface area contributed by atoms with Crippen LogP contribution in [0.3, 0.4) is 0 Å². The van der Waals surface area contributed by atoms with Gasteiger partial charge in [0, 0.05) is 10.8 Å². The quantitative estimate of drug-likeness (QED) is 0.515. The second-order valence-electron chi connectivity index (χ2n) is 5.31. The first-order chi connectivity index (χ1) is 11.5. The molecule has 0 aliphatic heterocycles. The Morgan fingerprint density at radius 1 is 1.24 bits per heavy atom. The lowest BCUT2D eigenvalue weighted by Crippen LogP contribution is -2.33. The van der Waals surface area contributed by atoms with E-state index in [9.17, 15) is 36.0 Å². The number of aromatic nitrogens is 2. The summed E-state index contributed by atoms with van der Waals surface area (Å²) >= 11 is 0. The van der Waals surface area contributed by atoms with Gasteiger partial charge in [0.15, 0.2) is 0 Å². The van der Waals surface area contributed by atoms with Crippen molar-refractivity contribution in [2.45, 2.75) is 12.4 Å². The third-order valence-corrected chi connectivity index (χ3v) is 5.17. The van der Waals surface area contributed by atoms with Crippen LogP contribution in [-0.4, -0.2) is 40.3 Å². The fraction of sp³-hybridized carbons (Fsp3) is 0.154. The van der Waals surface area contributed by atoms with Crippen molar-refractivity contribution in [1.29, 1.82) is 0 Å². The van der Waals surface area contributed by atoms with Crippen LogP contribution in [-0.2, 0) is 10.0 Å². The van der Waals surface area contributed by atoms with Crippen molar-refractivity contribution in [2.24, 2.45) is 0 Å². The van der Waals surface area contributed by atoms with Gasteiger partial charge in [-0.3, -0.25) is 0 Å². The average molecular weight is 376 g/mol. The van der Waals surface area contributed by atoms with Crippen LogP contribution >= 0.6 is 0 Å². The Bertz CT molecular complexity index is 1110. The predicted octanol–water partition coefficient (Wildman–Crippen LogP) is 1.01. The third kappa shape index (κ3) is 2.48. The van der Waals surface area contributed by atoms with Gasteiger partial charge >= 0.3 is 22.7 Å². The molecule has 25 heavy (non-hydrogen) atoms. The molecule has 0 saturated carbocycles. The van der Waals surface area contributed by atoms with Crippen molar-refractivity contribution < 1.29 is 36.0 Å². The third-order valence-electron chi connectivity index (χ3n) is 3.83. The van der Waals surface area contributed by atoms with E-state index in [1.54, 1.807) is 0 Å². The normalized spacial score (nSPS) is 12.9. The van der Waals surface area contributed by atoms with Crippen molar-refractivity contribution in [3.63, 3.8) is 0 Å². The number of alkyl halides is 3. The second-order valence-corrected chi connectivity index (χ2v) is 7.06. The van der Waals surface area contributed by atoms with Gasteiger partial charge in [0.2, 0.25) is 0 Å². The molecular formula is C13H9BF4N2O4S. The van der Waals surface area contributed by atoms with Gasteiger partial charge in [-0.1, -0.05) is 6.07 Å². The molecule has 0 fully saturated rings. The molecule has 132 valence electrons. The lowest BCUT2D eigenvalue weighted by atomic mass is 9.74. The molecule has 2 N–H and O–H groups in total. The van der Waals surface area contributed by atoms with E-state index < -0.39 is 34.0 Å². The molecule has 3 aromatic rings. The number of nitrogens with zero attached hydrogens (tertiary/aromatic N) is 2. The van der Waals surface area contributed by atoms with Crippen molar-refractivity contribution in [2.75, 3.05) is 0 Å². The monoisotopic (exact) mass is 376 g/mol. The molecule has 0 saturated heterocycles. The Morgan fingerprint density at radius 2 is 1.88 bits per heavy atom. The van der Waals surface area contributed by atoms with E-state index in [2.05, 4.69) is 5.10 Å². The van der Waals surface area contributed by atoms with E-state index in [0.717, 1.165) is 18.3 Å². The Labute approximate surface area is 138 Å². The Kier molecular flexibility index (Phi) is 3.82. The highest BCUT2D eigenvalue weighted by Gasteiger charge is 2.48. The van der Waals surface area contributed by atoms with Crippen molar-refractivity contribution >= 4 is 44.3 Å². The summed E-state index contributed by atoms with van der Waals surface area (Å²) in [6.07, 6.45) is 0.761. The molecule has 0 spiro atoms. The Balaban J connectivity index is 2.53. The maximum Gasteiger partial charge on any atom is 0.518 e. The number of hydrogen-bond donors (Lipinski definition) is 2. The van der Waals surface area contributed by atoms with Gasteiger partial charge in [-0.2, -0.15) is 26.7 Å². The van der Waals surface area contributed by atoms with Gasteiger partial charge in [0.1, 0.15) is 5.82 Å². The van der Waals surface area contributed by atoms with Crippen LogP contribution in [0.5, 0.6) is 0 Å². The van der Waals surface area contributed by atoms with Crippen LogP contribution in [0.25, 0.3) is 21.7 Å². The summed E-state index contributed by atoms with van der Waals surface area (Å²) in [5.41, 5.74) is -6.39. The molecular weight excluding hydrogens is 367 g/mol. The number of benzene rings is 2. The van der Waals surface area contributed by atoms with Gasteiger partial charge in [0.25, 0.3) is 0 Å². The van der Waals surface area contributed by atoms with E-state index in [-0.39, 0.29) is 31.3 Å². The molecule has 12 heteroatoms. The first-order valence-electron chi connectivity index (χ1n) is 6.74. The summed E-state index contributed by atoms with van der Waals surface area (Å²) < 4.78 is 75.4. The fourth-order valence-corrected chi connectivity index (χ4v) is 3.48. The second kappa shape index (κ2) is 5.41. The van der Waals surface area contributed by atoms with E-state index in [4.69, 9.17) is 0 Å². The molecule has 2 aromatic carbocycles. The lowest BCUT2D eigenvalue weighted by Gasteiger charge is -2.13. The Hall–Kier alpha value is -2.18. The molecule has 1 heterocycles. The molecule has 0 aliphatic rings. The summed E-state index contributed by atoms with van der Waals surface area (Å²) in [5.74, 6) is -0.663.